The van der Waals surface area contributed by atoms with Crippen molar-refractivity contribution in [3.63, 3.8) is 0 Å². The van der Waals surface area contributed by atoms with Crippen LogP contribution in [0.15, 0.2) is 172 Å². The summed E-state index contributed by atoms with van der Waals surface area (Å²) in [5.74, 6) is 0.287. The molecular formula is C46H31NO2. The topological polar surface area (TPSA) is 38.6 Å². The molecule has 9 aromatic rings. The summed E-state index contributed by atoms with van der Waals surface area (Å²) in [7, 11) is 0. The van der Waals surface area contributed by atoms with Crippen LogP contribution in [0.2, 0.25) is 0 Å². The maximum absolute atomic E-state index is 6.78. The molecule has 0 radical (unpaired) electrons. The van der Waals surface area contributed by atoms with E-state index in [4.69, 9.17) is 13.8 Å². The number of furan rings is 2. The fourth-order valence-corrected chi connectivity index (χ4v) is 7.73. The zero-order chi connectivity index (χ0) is 32.3. The second kappa shape index (κ2) is 11.2. The van der Waals surface area contributed by atoms with E-state index < -0.39 is 0 Å². The average molecular weight is 630 g/mol. The van der Waals surface area contributed by atoms with E-state index >= 15 is 0 Å². The summed E-state index contributed by atoms with van der Waals surface area (Å²) in [6.45, 7) is 0. The first-order chi connectivity index (χ1) is 24.3. The lowest BCUT2D eigenvalue weighted by molar-refractivity contribution is 0.665. The smallest absolute Gasteiger partial charge is 0.144 e. The van der Waals surface area contributed by atoms with Crippen LogP contribution in [-0.4, -0.2) is 5.71 Å². The van der Waals surface area contributed by atoms with Gasteiger partial charge in [0.2, 0.25) is 0 Å². The van der Waals surface area contributed by atoms with Gasteiger partial charge in [0.25, 0.3) is 0 Å². The van der Waals surface area contributed by atoms with Gasteiger partial charge in [-0.3, -0.25) is 4.99 Å². The molecule has 3 heterocycles. The van der Waals surface area contributed by atoms with Gasteiger partial charge >= 0.3 is 0 Å². The summed E-state index contributed by atoms with van der Waals surface area (Å²) < 4.78 is 13.3. The second-order valence-corrected chi connectivity index (χ2v) is 13.0. The van der Waals surface area contributed by atoms with Crippen LogP contribution in [-0.2, 0) is 0 Å². The van der Waals surface area contributed by atoms with Crippen molar-refractivity contribution in [1.82, 2.24) is 0 Å². The Kier molecular flexibility index (Phi) is 6.38. The summed E-state index contributed by atoms with van der Waals surface area (Å²) in [6.07, 6.45) is 4.04. The molecule has 1 aliphatic heterocycles. The molecule has 7 aromatic carbocycles. The number of hydrogen-bond donors (Lipinski definition) is 0. The first kappa shape index (κ1) is 27.9. The van der Waals surface area contributed by atoms with Crippen LogP contribution in [0.3, 0.4) is 0 Å². The first-order valence-electron chi connectivity index (χ1n) is 17.0. The van der Waals surface area contributed by atoms with Gasteiger partial charge in [-0.05, 0) is 59.4 Å². The highest BCUT2D eigenvalue weighted by Crippen LogP contribution is 2.44. The Hall–Kier alpha value is -6.19. The molecule has 2 aromatic heterocycles. The fraction of sp³-hybridized carbons (Fsp3) is 0.0652. The van der Waals surface area contributed by atoms with Gasteiger partial charge in [-0.2, -0.15) is 0 Å². The maximum atomic E-state index is 6.78. The van der Waals surface area contributed by atoms with Crippen molar-refractivity contribution >= 4 is 66.1 Å². The quantitative estimate of drug-likeness (QED) is 0.194. The van der Waals surface area contributed by atoms with Crippen LogP contribution < -0.4 is 0 Å². The molecule has 3 nitrogen and oxygen atoms in total. The molecule has 0 bridgehead atoms. The van der Waals surface area contributed by atoms with Crippen molar-refractivity contribution in [3.8, 4) is 11.1 Å². The van der Waals surface area contributed by atoms with Gasteiger partial charge < -0.3 is 8.83 Å². The number of rotatable bonds is 4. The van der Waals surface area contributed by atoms with E-state index in [0.717, 1.165) is 90.4 Å². The van der Waals surface area contributed by atoms with E-state index in [-0.39, 0.29) is 5.92 Å². The van der Waals surface area contributed by atoms with Gasteiger partial charge in [0.05, 0.1) is 5.70 Å². The summed E-state index contributed by atoms with van der Waals surface area (Å²) in [6, 6.07) is 53.5. The summed E-state index contributed by atoms with van der Waals surface area (Å²) in [4.78, 5) is 5.53. The molecule has 0 saturated heterocycles. The molecule has 0 spiro atoms. The number of nitrogens with zero attached hydrogens (tertiary/aromatic N) is 1. The van der Waals surface area contributed by atoms with Gasteiger partial charge in [0, 0.05) is 49.5 Å². The summed E-state index contributed by atoms with van der Waals surface area (Å²) in [5.41, 5.74) is 11.1. The number of fused-ring (bicyclic) bond motifs is 7. The van der Waals surface area contributed by atoms with Crippen molar-refractivity contribution in [3.05, 3.63) is 174 Å². The van der Waals surface area contributed by atoms with Gasteiger partial charge in [0.15, 0.2) is 0 Å². The Bertz CT molecular complexity index is 2780. The minimum atomic E-state index is 0.287. The van der Waals surface area contributed by atoms with Crippen LogP contribution in [0, 0.1) is 0 Å². The molecule has 0 amide bonds. The SMILES string of the molecule is C1=C(c2ccc3ccccc3c2)N=C(c2ccc(-c3cccc4c3oc3ccccc34)c3oc4ccccc4c23)CC(c2ccccc2)C1. The highest BCUT2D eigenvalue weighted by molar-refractivity contribution is 6.23. The fourth-order valence-electron chi connectivity index (χ4n) is 7.73. The van der Waals surface area contributed by atoms with Crippen LogP contribution in [0.5, 0.6) is 0 Å². The Morgan fingerprint density at radius 2 is 1.18 bits per heavy atom. The van der Waals surface area contributed by atoms with E-state index in [1.54, 1.807) is 0 Å². The molecule has 232 valence electrons. The molecule has 49 heavy (non-hydrogen) atoms. The third-order valence-electron chi connectivity index (χ3n) is 10.1. The minimum Gasteiger partial charge on any atom is -0.455 e. The van der Waals surface area contributed by atoms with Gasteiger partial charge in [-0.15, -0.1) is 0 Å². The normalized spacial score (nSPS) is 15.2. The van der Waals surface area contributed by atoms with Crippen molar-refractivity contribution in [2.75, 3.05) is 0 Å². The lowest BCUT2D eigenvalue weighted by atomic mass is 9.87. The zero-order valence-electron chi connectivity index (χ0n) is 26.8. The number of aliphatic imine (C=N–C) groups is 1. The van der Waals surface area contributed by atoms with Crippen molar-refractivity contribution < 1.29 is 8.83 Å². The zero-order valence-corrected chi connectivity index (χ0v) is 26.8. The van der Waals surface area contributed by atoms with Crippen molar-refractivity contribution in [2.45, 2.75) is 18.8 Å². The van der Waals surface area contributed by atoms with Crippen molar-refractivity contribution in [1.29, 1.82) is 0 Å². The Balaban J connectivity index is 1.21. The molecule has 0 saturated carbocycles. The lowest BCUT2D eigenvalue weighted by Crippen LogP contribution is -2.08. The van der Waals surface area contributed by atoms with Crippen LogP contribution in [0.1, 0.15) is 35.4 Å². The maximum Gasteiger partial charge on any atom is 0.144 e. The molecule has 1 aliphatic rings. The number of benzene rings is 7. The lowest BCUT2D eigenvalue weighted by Gasteiger charge is -2.17. The molecule has 0 aliphatic carbocycles. The minimum absolute atomic E-state index is 0.287. The molecule has 10 rings (SSSR count). The van der Waals surface area contributed by atoms with Gasteiger partial charge in [-0.1, -0.05) is 133 Å². The van der Waals surface area contributed by atoms with Crippen LogP contribution in [0.4, 0.5) is 0 Å². The third-order valence-corrected chi connectivity index (χ3v) is 10.1. The van der Waals surface area contributed by atoms with E-state index in [2.05, 4.69) is 140 Å². The number of hydrogen-bond acceptors (Lipinski definition) is 3. The van der Waals surface area contributed by atoms with E-state index in [1.165, 1.54) is 16.3 Å². The van der Waals surface area contributed by atoms with Gasteiger partial charge in [0.1, 0.15) is 22.3 Å². The van der Waals surface area contributed by atoms with Crippen LogP contribution >= 0.6 is 0 Å². The highest BCUT2D eigenvalue weighted by Gasteiger charge is 2.25. The largest absolute Gasteiger partial charge is 0.455 e. The molecular weight excluding hydrogens is 599 g/mol. The standard InChI is InChI=1S/C46H31NO2/c1-2-11-29(12-3-1)32-23-26-40(33-22-21-30-13-4-5-14-31(30)27-33)47-41(28-32)38-25-24-37(46-44(38)39-16-7-9-20-43(39)49-46)36-18-10-17-35-34-15-6-8-19-42(34)48-45(35)36/h1-22,24-27,32H,23,28H2. The first-order valence-corrected chi connectivity index (χ1v) is 17.0. The number of allylic oxidation sites excluding steroid dienone is 1. The summed E-state index contributed by atoms with van der Waals surface area (Å²) >= 11 is 0. The third kappa shape index (κ3) is 4.62. The second-order valence-electron chi connectivity index (χ2n) is 13.0. The Morgan fingerprint density at radius 3 is 2.06 bits per heavy atom. The van der Waals surface area contributed by atoms with Crippen molar-refractivity contribution in [2.24, 2.45) is 4.99 Å². The Labute approximate surface area is 283 Å². The average Bonchev–Trinajstić information content (AvgIpc) is 3.66. The monoisotopic (exact) mass is 629 g/mol. The predicted octanol–water partition coefficient (Wildman–Crippen LogP) is 12.7. The summed E-state index contributed by atoms with van der Waals surface area (Å²) in [5, 5.41) is 6.84. The van der Waals surface area contributed by atoms with E-state index in [9.17, 15) is 0 Å². The van der Waals surface area contributed by atoms with E-state index in [1.807, 2.05) is 18.2 Å². The number of para-hydroxylation sites is 3. The predicted molar refractivity (Wildman–Crippen MR) is 203 cm³/mol. The molecule has 1 atom stereocenters. The van der Waals surface area contributed by atoms with E-state index in [0.29, 0.717) is 0 Å². The molecule has 0 N–H and O–H groups in total. The molecule has 3 heteroatoms. The van der Waals surface area contributed by atoms with Gasteiger partial charge in [-0.25, -0.2) is 0 Å². The molecule has 0 fully saturated rings. The Morgan fingerprint density at radius 1 is 0.510 bits per heavy atom. The molecule has 1 unspecified atom stereocenters. The highest BCUT2D eigenvalue weighted by atomic mass is 16.3. The van der Waals surface area contributed by atoms with Crippen LogP contribution in [0.25, 0.3) is 71.5 Å².